The van der Waals surface area contributed by atoms with Gasteiger partial charge in [-0.2, -0.15) is 0 Å². The molecular formula is C31H35ClN2O4S. The second-order valence-electron chi connectivity index (χ2n) is 10.5. The van der Waals surface area contributed by atoms with Gasteiger partial charge in [-0.3, -0.25) is 9.59 Å². The number of nitrogens with zero attached hydrogens (tertiary/aromatic N) is 2. The number of ether oxygens (including phenoxy) is 2. The normalized spacial score (nSPS) is 18.7. The molecule has 206 valence electrons. The Morgan fingerprint density at radius 2 is 2.00 bits per heavy atom. The molecule has 1 fully saturated rings. The molecule has 8 heteroatoms. The molecule has 0 spiro atoms. The van der Waals surface area contributed by atoms with Crippen LogP contribution >= 0.6 is 22.9 Å². The van der Waals surface area contributed by atoms with E-state index in [2.05, 4.69) is 37.4 Å². The molecule has 2 atom stereocenters. The van der Waals surface area contributed by atoms with Gasteiger partial charge in [-0.15, -0.1) is 11.3 Å². The first-order chi connectivity index (χ1) is 18.9. The molecule has 39 heavy (non-hydrogen) atoms. The third-order valence-electron chi connectivity index (χ3n) is 7.50. The van der Waals surface area contributed by atoms with E-state index in [4.69, 9.17) is 21.1 Å². The maximum absolute atomic E-state index is 13.9. The zero-order valence-corrected chi connectivity index (χ0v) is 24.0. The number of rotatable bonds is 9. The van der Waals surface area contributed by atoms with E-state index in [1.807, 2.05) is 17.0 Å². The maximum Gasteiger partial charge on any atom is 0.254 e. The van der Waals surface area contributed by atoms with E-state index in [0.717, 1.165) is 30.6 Å². The van der Waals surface area contributed by atoms with Crippen LogP contribution in [0, 0.1) is 0 Å². The number of hydrogen-bond acceptors (Lipinski definition) is 5. The fraction of sp³-hybridized carbons (Fsp3) is 0.419. The average Bonchev–Trinajstić information content (AvgIpc) is 3.63. The fourth-order valence-electron chi connectivity index (χ4n) is 5.31. The summed E-state index contributed by atoms with van der Waals surface area (Å²) in [6.45, 7) is 6.30. The Kier molecular flexibility index (Phi) is 8.90. The van der Waals surface area contributed by atoms with Gasteiger partial charge in [0.05, 0.1) is 12.1 Å². The molecule has 1 saturated heterocycles. The topological polar surface area (TPSA) is 59.1 Å². The summed E-state index contributed by atoms with van der Waals surface area (Å²) in [5, 5.41) is 2.57. The molecule has 2 aromatic carbocycles. The minimum atomic E-state index is -0.219. The van der Waals surface area contributed by atoms with Crippen molar-refractivity contribution in [2.75, 3.05) is 32.8 Å². The third kappa shape index (κ3) is 6.65. The number of fused-ring (bicyclic) bond motifs is 1. The molecule has 3 heterocycles. The lowest BCUT2D eigenvalue weighted by Gasteiger charge is -2.37. The first-order valence-electron chi connectivity index (χ1n) is 13.6. The van der Waals surface area contributed by atoms with Gasteiger partial charge in [-0.1, -0.05) is 43.6 Å². The summed E-state index contributed by atoms with van der Waals surface area (Å²) in [7, 11) is 0. The van der Waals surface area contributed by atoms with Crippen molar-refractivity contribution in [3.05, 3.63) is 86.6 Å². The minimum Gasteiger partial charge on any atom is -0.491 e. The molecule has 1 aromatic heterocycles. The van der Waals surface area contributed by atoms with Crippen molar-refractivity contribution in [2.45, 2.75) is 51.2 Å². The van der Waals surface area contributed by atoms with E-state index in [9.17, 15) is 9.59 Å². The van der Waals surface area contributed by atoms with E-state index in [1.165, 1.54) is 10.4 Å². The largest absolute Gasteiger partial charge is 0.491 e. The molecule has 2 aliphatic rings. The summed E-state index contributed by atoms with van der Waals surface area (Å²) < 4.78 is 12.0. The second kappa shape index (κ2) is 12.5. The van der Waals surface area contributed by atoms with Gasteiger partial charge in [0, 0.05) is 35.2 Å². The Labute approximate surface area is 239 Å². The maximum atomic E-state index is 13.9. The van der Waals surface area contributed by atoms with Gasteiger partial charge in [0.15, 0.2) is 0 Å². The number of hydrogen-bond donors (Lipinski definition) is 0. The number of halogens is 1. The van der Waals surface area contributed by atoms with Crippen LogP contribution in [0.3, 0.4) is 0 Å². The van der Waals surface area contributed by atoms with Crippen LogP contribution in [0.15, 0.2) is 60.0 Å². The smallest absolute Gasteiger partial charge is 0.254 e. The van der Waals surface area contributed by atoms with Crippen LogP contribution in [0.2, 0.25) is 5.02 Å². The van der Waals surface area contributed by atoms with Gasteiger partial charge in [0.1, 0.15) is 18.9 Å². The highest BCUT2D eigenvalue weighted by Gasteiger charge is 2.34. The van der Waals surface area contributed by atoms with E-state index >= 15 is 0 Å². The number of benzene rings is 2. The molecule has 3 aromatic rings. The molecule has 6 nitrogen and oxygen atoms in total. The molecule has 2 amide bonds. The van der Waals surface area contributed by atoms with Crippen LogP contribution in [0.25, 0.3) is 0 Å². The molecule has 0 bridgehead atoms. The van der Waals surface area contributed by atoms with Crippen molar-refractivity contribution >= 4 is 34.8 Å². The Bertz CT molecular complexity index is 1290. The first kappa shape index (κ1) is 27.7. The summed E-state index contributed by atoms with van der Waals surface area (Å²) in [6, 6.07) is 16.9. The van der Waals surface area contributed by atoms with Gasteiger partial charge < -0.3 is 19.3 Å². The zero-order valence-electron chi connectivity index (χ0n) is 22.5. The molecule has 0 N–H and O–H groups in total. The SMILES string of the molecule is CC(C)c1ccc(OC[C@H]2c3ccsc3CCN2C(=O)CN(C[C@H]2CCCO2)C(=O)c2cccc(Cl)c2)cc1. The Balaban J connectivity index is 1.34. The molecule has 0 saturated carbocycles. The number of thiophene rings is 1. The highest BCUT2D eigenvalue weighted by molar-refractivity contribution is 7.10. The van der Waals surface area contributed by atoms with Crippen LogP contribution in [0.4, 0.5) is 0 Å². The summed E-state index contributed by atoms with van der Waals surface area (Å²) in [5.74, 6) is 0.924. The Morgan fingerprint density at radius 3 is 2.72 bits per heavy atom. The zero-order chi connectivity index (χ0) is 27.4. The molecule has 5 rings (SSSR count). The molecule has 0 unspecified atom stereocenters. The molecule has 0 radical (unpaired) electrons. The lowest BCUT2D eigenvalue weighted by atomic mass is 10.00. The molecule has 0 aliphatic carbocycles. The first-order valence-corrected chi connectivity index (χ1v) is 14.9. The van der Waals surface area contributed by atoms with Crippen LogP contribution in [-0.2, 0) is 16.0 Å². The van der Waals surface area contributed by atoms with Gasteiger partial charge in [-0.05, 0) is 78.1 Å². The van der Waals surface area contributed by atoms with Gasteiger partial charge in [0.25, 0.3) is 5.91 Å². The monoisotopic (exact) mass is 566 g/mol. The van der Waals surface area contributed by atoms with Crippen LogP contribution in [0.1, 0.15) is 65.0 Å². The summed E-state index contributed by atoms with van der Waals surface area (Å²) in [4.78, 5) is 32.2. The number of carbonyl (C=O) groups is 2. The van der Waals surface area contributed by atoms with Crippen molar-refractivity contribution in [3.8, 4) is 5.75 Å². The van der Waals surface area contributed by atoms with Gasteiger partial charge in [-0.25, -0.2) is 0 Å². The van der Waals surface area contributed by atoms with Crippen molar-refractivity contribution in [2.24, 2.45) is 0 Å². The van der Waals surface area contributed by atoms with E-state index < -0.39 is 0 Å². The van der Waals surface area contributed by atoms with E-state index in [-0.39, 0.29) is 30.5 Å². The van der Waals surface area contributed by atoms with Gasteiger partial charge in [0.2, 0.25) is 5.91 Å². The average molecular weight is 567 g/mol. The van der Waals surface area contributed by atoms with Crippen molar-refractivity contribution in [1.29, 1.82) is 0 Å². The summed E-state index contributed by atoms with van der Waals surface area (Å²) in [5.41, 5.74) is 2.86. The van der Waals surface area contributed by atoms with Crippen molar-refractivity contribution in [1.82, 2.24) is 9.80 Å². The summed E-state index contributed by atoms with van der Waals surface area (Å²) in [6.07, 6.45) is 2.56. The third-order valence-corrected chi connectivity index (χ3v) is 8.73. The van der Waals surface area contributed by atoms with Crippen molar-refractivity contribution in [3.63, 3.8) is 0 Å². The molecule has 2 aliphatic heterocycles. The van der Waals surface area contributed by atoms with E-state index in [1.54, 1.807) is 40.5 Å². The van der Waals surface area contributed by atoms with E-state index in [0.29, 0.717) is 42.8 Å². The fourth-order valence-corrected chi connectivity index (χ4v) is 6.43. The highest BCUT2D eigenvalue weighted by Crippen LogP contribution is 2.34. The Morgan fingerprint density at radius 1 is 1.18 bits per heavy atom. The minimum absolute atomic E-state index is 0.0235. The Hall–Kier alpha value is -2.87. The van der Waals surface area contributed by atoms with Gasteiger partial charge >= 0.3 is 0 Å². The summed E-state index contributed by atoms with van der Waals surface area (Å²) >= 11 is 7.89. The number of carbonyl (C=O) groups excluding carboxylic acids is 2. The quantitative estimate of drug-likeness (QED) is 0.303. The van der Waals surface area contributed by atoms with Crippen LogP contribution < -0.4 is 4.74 Å². The lowest BCUT2D eigenvalue weighted by Crippen LogP contribution is -2.49. The van der Waals surface area contributed by atoms with Crippen LogP contribution in [0.5, 0.6) is 5.75 Å². The lowest BCUT2D eigenvalue weighted by molar-refractivity contribution is -0.135. The predicted octanol–water partition coefficient (Wildman–Crippen LogP) is 6.35. The second-order valence-corrected chi connectivity index (χ2v) is 12.0. The highest BCUT2D eigenvalue weighted by atomic mass is 35.5. The van der Waals surface area contributed by atoms with Crippen LogP contribution in [-0.4, -0.2) is 60.6 Å². The predicted molar refractivity (Wildman–Crippen MR) is 155 cm³/mol. The van der Waals surface area contributed by atoms with Crippen molar-refractivity contribution < 1.29 is 19.1 Å². The standard InChI is InChI=1S/C31H35ClN2O4S/c1-21(2)22-8-10-25(11-9-22)38-20-28-27-13-16-39-29(27)12-14-34(28)30(35)19-33(18-26-7-4-15-37-26)31(36)23-5-3-6-24(32)17-23/h3,5-6,8-11,13,16-17,21,26,28H,4,7,12,14-15,18-20H2,1-2H3/t26-,28+/m1/s1. The number of amides is 2. The molecular weight excluding hydrogens is 532 g/mol.